The van der Waals surface area contributed by atoms with E-state index in [0.29, 0.717) is 25.4 Å². The van der Waals surface area contributed by atoms with Crippen molar-refractivity contribution >= 4 is 5.91 Å². The average molecular weight is 289 g/mol. The number of aryl methyl sites for hydroxylation is 1. The van der Waals surface area contributed by atoms with Crippen LogP contribution in [0, 0.1) is 6.92 Å². The van der Waals surface area contributed by atoms with Crippen LogP contribution in [0.2, 0.25) is 0 Å². The van der Waals surface area contributed by atoms with Crippen molar-refractivity contribution in [3.63, 3.8) is 0 Å². The summed E-state index contributed by atoms with van der Waals surface area (Å²) in [5.41, 5.74) is 1.81. The molecule has 0 unspecified atom stereocenters. The molecule has 0 aromatic carbocycles. The van der Waals surface area contributed by atoms with E-state index < -0.39 is 0 Å². The molecule has 0 bridgehead atoms. The van der Waals surface area contributed by atoms with Crippen LogP contribution in [0.4, 0.5) is 0 Å². The standard InChI is InChI=1S/C15H19N3O3/c1-3-20-13-9-17-6-4-5-12(17)8-18(10-13)15(19)14-7-11(2)16-21-14/h4-7,13H,3,8-10H2,1-2H3/t13-/m0/s1. The zero-order valence-electron chi connectivity index (χ0n) is 12.3. The van der Waals surface area contributed by atoms with E-state index in [1.54, 1.807) is 17.9 Å². The molecule has 0 spiro atoms. The van der Waals surface area contributed by atoms with Gasteiger partial charge in [0.1, 0.15) is 0 Å². The summed E-state index contributed by atoms with van der Waals surface area (Å²) in [5, 5.41) is 3.79. The fourth-order valence-corrected chi connectivity index (χ4v) is 2.67. The third-order valence-electron chi connectivity index (χ3n) is 3.63. The lowest BCUT2D eigenvalue weighted by atomic mass is 10.3. The molecule has 0 saturated carbocycles. The Morgan fingerprint density at radius 2 is 2.38 bits per heavy atom. The number of fused-ring (bicyclic) bond motifs is 1. The number of ether oxygens (including phenoxy) is 1. The molecule has 0 fully saturated rings. The highest BCUT2D eigenvalue weighted by Gasteiger charge is 2.27. The van der Waals surface area contributed by atoms with Gasteiger partial charge < -0.3 is 18.7 Å². The highest BCUT2D eigenvalue weighted by atomic mass is 16.5. The fourth-order valence-electron chi connectivity index (χ4n) is 2.67. The molecule has 0 aliphatic carbocycles. The topological polar surface area (TPSA) is 60.5 Å². The van der Waals surface area contributed by atoms with E-state index >= 15 is 0 Å². The molecule has 21 heavy (non-hydrogen) atoms. The van der Waals surface area contributed by atoms with Crippen molar-refractivity contribution in [2.45, 2.75) is 33.0 Å². The maximum atomic E-state index is 12.6. The van der Waals surface area contributed by atoms with E-state index in [9.17, 15) is 4.79 Å². The van der Waals surface area contributed by atoms with E-state index in [2.05, 4.69) is 9.72 Å². The van der Waals surface area contributed by atoms with Crippen LogP contribution >= 0.6 is 0 Å². The minimum absolute atomic E-state index is 0.0170. The molecule has 1 amide bonds. The average Bonchev–Trinajstić information content (AvgIpc) is 3.04. The van der Waals surface area contributed by atoms with Gasteiger partial charge in [-0.3, -0.25) is 4.79 Å². The van der Waals surface area contributed by atoms with Gasteiger partial charge in [0.15, 0.2) is 0 Å². The Morgan fingerprint density at radius 3 is 3.10 bits per heavy atom. The van der Waals surface area contributed by atoms with Gasteiger partial charge in [-0.1, -0.05) is 5.16 Å². The summed E-state index contributed by atoms with van der Waals surface area (Å²) in [6.07, 6.45) is 2.00. The summed E-state index contributed by atoms with van der Waals surface area (Å²) in [6, 6.07) is 5.69. The number of hydrogen-bond donors (Lipinski definition) is 0. The lowest BCUT2D eigenvalue weighted by Crippen LogP contribution is -2.37. The molecule has 0 N–H and O–H groups in total. The van der Waals surface area contributed by atoms with Gasteiger partial charge in [-0.05, 0) is 26.0 Å². The molecular formula is C15H19N3O3. The van der Waals surface area contributed by atoms with Crippen molar-refractivity contribution in [3.8, 4) is 0 Å². The van der Waals surface area contributed by atoms with Crippen LogP contribution in [-0.4, -0.2) is 39.8 Å². The van der Waals surface area contributed by atoms with Crippen molar-refractivity contribution in [1.29, 1.82) is 0 Å². The van der Waals surface area contributed by atoms with Crippen LogP contribution in [0.1, 0.15) is 28.9 Å². The van der Waals surface area contributed by atoms with E-state index in [1.165, 1.54) is 0 Å². The van der Waals surface area contributed by atoms with Gasteiger partial charge in [0.05, 0.1) is 24.9 Å². The molecule has 1 aliphatic heterocycles. The Labute approximate surface area is 123 Å². The van der Waals surface area contributed by atoms with E-state index in [0.717, 1.165) is 12.2 Å². The molecule has 0 saturated heterocycles. The smallest absolute Gasteiger partial charge is 0.292 e. The first-order valence-electron chi connectivity index (χ1n) is 7.15. The van der Waals surface area contributed by atoms with Crippen LogP contribution in [0.5, 0.6) is 0 Å². The largest absolute Gasteiger partial charge is 0.375 e. The molecule has 1 atom stereocenters. The minimum Gasteiger partial charge on any atom is -0.375 e. The van der Waals surface area contributed by atoms with E-state index in [-0.39, 0.29) is 17.8 Å². The van der Waals surface area contributed by atoms with Crippen LogP contribution in [0.3, 0.4) is 0 Å². The number of rotatable bonds is 3. The Morgan fingerprint density at radius 1 is 1.52 bits per heavy atom. The first kappa shape index (κ1) is 13.9. The summed E-state index contributed by atoms with van der Waals surface area (Å²) >= 11 is 0. The number of hydrogen-bond acceptors (Lipinski definition) is 4. The van der Waals surface area contributed by atoms with Gasteiger partial charge in [0.2, 0.25) is 5.76 Å². The number of carbonyl (C=O) groups excluding carboxylic acids is 1. The summed E-state index contributed by atoms with van der Waals surface area (Å²) in [4.78, 5) is 14.3. The second-order valence-corrected chi connectivity index (χ2v) is 5.25. The van der Waals surface area contributed by atoms with Gasteiger partial charge >= 0.3 is 0 Å². The van der Waals surface area contributed by atoms with Crippen molar-refractivity contribution < 1.29 is 14.1 Å². The summed E-state index contributed by atoms with van der Waals surface area (Å²) in [6.45, 7) is 6.26. The van der Waals surface area contributed by atoms with Gasteiger partial charge in [-0.2, -0.15) is 0 Å². The number of carbonyl (C=O) groups is 1. The molecule has 3 rings (SSSR count). The van der Waals surface area contributed by atoms with Crippen LogP contribution < -0.4 is 0 Å². The molecule has 0 radical (unpaired) electrons. The Balaban J connectivity index is 1.85. The molecular weight excluding hydrogens is 270 g/mol. The maximum absolute atomic E-state index is 12.6. The highest BCUT2D eigenvalue weighted by molar-refractivity contribution is 5.91. The molecule has 2 aromatic heterocycles. The third kappa shape index (κ3) is 2.85. The zero-order valence-corrected chi connectivity index (χ0v) is 12.3. The van der Waals surface area contributed by atoms with Gasteiger partial charge in [0, 0.05) is 31.1 Å². The van der Waals surface area contributed by atoms with Gasteiger partial charge in [-0.25, -0.2) is 0 Å². The Kier molecular flexibility index (Phi) is 3.79. The summed E-state index contributed by atoms with van der Waals surface area (Å²) in [5.74, 6) is 0.137. The molecule has 1 aliphatic rings. The summed E-state index contributed by atoms with van der Waals surface area (Å²) < 4.78 is 13.0. The molecule has 6 heteroatoms. The maximum Gasteiger partial charge on any atom is 0.292 e. The molecule has 6 nitrogen and oxygen atoms in total. The third-order valence-corrected chi connectivity index (χ3v) is 3.63. The quantitative estimate of drug-likeness (QED) is 0.865. The fraction of sp³-hybridized carbons (Fsp3) is 0.467. The van der Waals surface area contributed by atoms with Crippen LogP contribution in [0.15, 0.2) is 28.9 Å². The second kappa shape index (κ2) is 5.73. The molecule has 112 valence electrons. The minimum atomic E-state index is -0.144. The zero-order chi connectivity index (χ0) is 14.8. The van der Waals surface area contributed by atoms with Gasteiger partial charge in [-0.15, -0.1) is 0 Å². The Bertz CT molecular complexity index is 632. The van der Waals surface area contributed by atoms with Crippen molar-refractivity contribution in [2.24, 2.45) is 0 Å². The monoisotopic (exact) mass is 289 g/mol. The van der Waals surface area contributed by atoms with Crippen LogP contribution in [-0.2, 0) is 17.8 Å². The lowest BCUT2D eigenvalue weighted by Gasteiger charge is -2.23. The van der Waals surface area contributed by atoms with Crippen molar-refractivity contribution in [1.82, 2.24) is 14.6 Å². The Hall–Kier alpha value is -2.08. The molecule has 2 aromatic rings. The first-order chi connectivity index (χ1) is 10.2. The normalized spacial score (nSPS) is 18.4. The molecule has 3 heterocycles. The second-order valence-electron chi connectivity index (χ2n) is 5.25. The van der Waals surface area contributed by atoms with Crippen molar-refractivity contribution in [2.75, 3.05) is 13.2 Å². The van der Waals surface area contributed by atoms with E-state index in [1.807, 2.05) is 25.3 Å². The number of nitrogens with zero attached hydrogens (tertiary/aromatic N) is 3. The predicted molar refractivity (Wildman–Crippen MR) is 75.8 cm³/mol. The SMILES string of the molecule is CCO[C@@H]1CN(C(=O)c2cc(C)no2)Cc2cccn2C1. The summed E-state index contributed by atoms with van der Waals surface area (Å²) in [7, 11) is 0. The van der Waals surface area contributed by atoms with Crippen LogP contribution in [0.25, 0.3) is 0 Å². The number of amides is 1. The lowest BCUT2D eigenvalue weighted by molar-refractivity contribution is 0.0244. The van der Waals surface area contributed by atoms with Crippen molar-refractivity contribution in [3.05, 3.63) is 41.5 Å². The first-order valence-corrected chi connectivity index (χ1v) is 7.15. The van der Waals surface area contributed by atoms with E-state index in [4.69, 9.17) is 9.26 Å². The number of aromatic nitrogens is 2. The highest BCUT2D eigenvalue weighted by Crippen LogP contribution is 2.18. The van der Waals surface area contributed by atoms with Gasteiger partial charge in [0.25, 0.3) is 5.91 Å². The predicted octanol–water partition coefficient (Wildman–Crippen LogP) is 1.85.